The average molecular weight is 377 g/mol. The van der Waals surface area contributed by atoms with Crippen molar-refractivity contribution < 1.29 is 18.1 Å². The predicted molar refractivity (Wildman–Crippen MR) is 97.9 cm³/mol. The van der Waals surface area contributed by atoms with Crippen molar-refractivity contribution in [2.24, 2.45) is 0 Å². The van der Waals surface area contributed by atoms with E-state index in [0.717, 1.165) is 0 Å². The van der Waals surface area contributed by atoms with Gasteiger partial charge < -0.3 is 5.32 Å². The Morgan fingerprint density at radius 2 is 1.73 bits per heavy atom. The summed E-state index contributed by atoms with van der Waals surface area (Å²) in [6, 6.07) is 7.01. The highest BCUT2D eigenvalue weighted by molar-refractivity contribution is 7.89. The molecule has 0 aliphatic rings. The highest BCUT2D eigenvalue weighted by atomic mass is 32.2. The molecular weight excluding hydrogens is 358 g/mol. The lowest BCUT2D eigenvalue weighted by molar-refractivity contribution is -0.384. The number of nitrogens with one attached hydrogen (secondary N) is 2. The standard InChI is InChI=1S/C17H19N3O5S/c1-10-5-6-14(20(22)23)9-15(10)19-17(21)13-7-11(2)12(3)16(8-13)26(24,25)18-4/h5-9,18H,1-4H3,(H,19,21). The molecule has 2 rings (SSSR count). The van der Waals surface area contributed by atoms with E-state index in [2.05, 4.69) is 10.0 Å². The largest absolute Gasteiger partial charge is 0.321 e. The van der Waals surface area contributed by atoms with Gasteiger partial charge in [0.05, 0.1) is 15.5 Å². The van der Waals surface area contributed by atoms with Crippen LogP contribution >= 0.6 is 0 Å². The van der Waals surface area contributed by atoms with Crippen LogP contribution in [0.5, 0.6) is 0 Å². The normalized spacial score (nSPS) is 11.2. The molecule has 0 spiro atoms. The number of rotatable bonds is 5. The van der Waals surface area contributed by atoms with Gasteiger partial charge in [0.15, 0.2) is 0 Å². The molecule has 0 aliphatic carbocycles. The molecule has 2 aromatic rings. The molecule has 0 saturated heterocycles. The highest BCUT2D eigenvalue weighted by Gasteiger charge is 2.20. The highest BCUT2D eigenvalue weighted by Crippen LogP contribution is 2.24. The maximum atomic E-state index is 12.6. The van der Waals surface area contributed by atoms with Gasteiger partial charge in [-0.1, -0.05) is 6.07 Å². The van der Waals surface area contributed by atoms with Crippen LogP contribution in [0.3, 0.4) is 0 Å². The number of carbonyl (C=O) groups is 1. The van der Waals surface area contributed by atoms with E-state index in [1.807, 2.05) is 0 Å². The van der Waals surface area contributed by atoms with Crippen LogP contribution in [0.2, 0.25) is 0 Å². The number of hydrogen-bond acceptors (Lipinski definition) is 5. The number of carbonyl (C=O) groups excluding carboxylic acids is 1. The smallest absolute Gasteiger partial charge is 0.271 e. The molecular formula is C17H19N3O5S. The van der Waals surface area contributed by atoms with E-state index in [0.29, 0.717) is 22.4 Å². The lowest BCUT2D eigenvalue weighted by Crippen LogP contribution is -2.21. The van der Waals surface area contributed by atoms with Crippen LogP contribution < -0.4 is 10.0 Å². The number of nitrogens with zero attached hydrogens (tertiary/aromatic N) is 1. The van der Waals surface area contributed by atoms with Gasteiger partial charge >= 0.3 is 0 Å². The molecule has 0 aliphatic heterocycles. The number of non-ortho nitro benzene ring substituents is 1. The first-order chi connectivity index (χ1) is 12.1. The zero-order chi connectivity index (χ0) is 19.6. The monoisotopic (exact) mass is 377 g/mol. The van der Waals surface area contributed by atoms with Gasteiger partial charge in [-0.2, -0.15) is 0 Å². The SMILES string of the molecule is CNS(=O)(=O)c1cc(C(=O)Nc2cc([N+](=O)[O-])ccc2C)cc(C)c1C. The molecule has 0 fully saturated rings. The lowest BCUT2D eigenvalue weighted by atomic mass is 10.1. The molecule has 0 unspecified atom stereocenters. The van der Waals surface area contributed by atoms with Crippen molar-refractivity contribution in [3.8, 4) is 0 Å². The van der Waals surface area contributed by atoms with Crippen LogP contribution in [0, 0.1) is 30.9 Å². The van der Waals surface area contributed by atoms with Gasteiger partial charge in [-0.05, 0) is 56.6 Å². The zero-order valence-corrected chi connectivity index (χ0v) is 15.6. The third-order valence-corrected chi connectivity index (χ3v) is 5.66. The van der Waals surface area contributed by atoms with Gasteiger partial charge in [0, 0.05) is 17.7 Å². The number of nitro benzene ring substituents is 1. The first-order valence-electron chi connectivity index (χ1n) is 7.68. The first kappa shape index (κ1) is 19.5. The fourth-order valence-electron chi connectivity index (χ4n) is 2.40. The summed E-state index contributed by atoms with van der Waals surface area (Å²) in [6.45, 7) is 5.07. The molecule has 138 valence electrons. The maximum absolute atomic E-state index is 12.6. The van der Waals surface area contributed by atoms with Gasteiger partial charge in [-0.15, -0.1) is 0 Å². The summed E-state index contributed by atoms with van der Waals surface area (Å²) in [5.41, 5.74) is 2.12. The summed E-state index contributed by atoms with van der Waals surface area (Å²) in [5.74, 6) is -0.552. The van der Waals surface area contributed by atoms with Crippen LogP contribution in [-0.4, -0.2) is 26.3 Å². The second-order valence-corrected chi connectivity index (χ2v) is 7.69. The Kier molecular flexibility index (Phi) is 5.43. The van der Waals surface area contributed by atoms with Gasteiger partial charge in [0.25, 0.3) is 11.6 Å². The van der Waals surface area contributed by atoms with Crippen LogP contribution in [0.25, 0.3) is 0 Å². The van der Waals surface area contributed by atoms with Gasteiger partial charge in [-0.25, -0.2) is 13.1 Å². The Morgan fingerprint density at radius 1 is 1.08 bits per heavy atom. The number of amides is 1. The third-order valence-electron chi connectivity index (χ3n) is 4.12. The molecule has 8 nitrogen and oxygen atoms in total. The quantitative estimate of drug-likeness (QED) is 0.613. The van der Waals surface area contributed by atoms with Crippen molar-refractivity contribution in [1.82, 2.24) is 4.72 Å². The summed E-state index contributed by atoms with van der Waals surface area (Å²) in [4.78, 5) is 23.0. The zero-order valence-electron chi connectivity index (χ0n) is 14.8. The molecule has 0 heterocycles. The van der Waals surface area contributed by atoms with E-state index >= 15 is 0 Å². The predicted octanol–water partition coefficient (Wildman–Crippen LogP) is 2.68. The van der Waals surface area contributed by atoms with E-state index in [9.17, 15) is 23.3 Å². The topological polar surface area (TPSA) is 118 Å². The Balaban J connectivity index is 2.46. The van der Waals surface area contributed by atoms with Crippen molar-refractivity contribution >= 4 is 27.3 Å². The number of anilines is 1. The molecule has 9 heteroatoms. The van der Waals surface area contributed by atoms with Crippen molar-refractivity contribution in [3.63, 3.8) is 0 Å². The molecule has 26 heavy (non-hydrogen) atoms. The number of aryl methyl sites for hydroxylation is 2. The Hall–Kier alpha value is -2.78. The Morgan fingerprint density at radius 3 is 2.31 bits per heavy atom. The summed E-state index contributed by atoms with van der Waals surface area (Å²) in [5, 5.41) is 13.5. The molecule has 1 amide bonds. The second kappa shape index (κ2) is 7.22. The summed E-state index contributed by atoms with van der Waals surface area (Å²) >= 11 is 0. The van der Waals surface area contributed by atoms with Gasteiger partial charge in [0.2, 0.25) is 10.0 Å². The van der Waals surface area contributed by atoms with E-state index < -0.39 is 20.9 Å². The van der Waals surface area contributed by atoms with Crippen LogP contribution in [0.1, 0.15) is 27.0 Å². The summed E-state index contributed by atoms with van der Waals surface area (Å²) in [7, 11) is -2.43. The van der Waals surface area contributed by atoms with Crippen LogP contribution in [0.15, 0.2) is 35.2 Å². The third kappa shape index (κ3) is 3.89. The summed E-state index contributed by atoms with van der Waals surface area (Å²) < 4.78 is 26.6. The number of hydrogen-bond donors (Lipinski definition) is 2. The molecule has 0 saturated carbocycles. The molecule has 0 bridgehead atoms. The fraction of sp³-hybridized carbons (Fsp3) is 0.235. The lowest BCUT2D eigenvalue weighted by Gasteiger charge is -2.13. The second-order valence-electron chi connectivity index (χ2n) is 5.83. The Bertz CT molecular complexity index is 1000. The molecule has 0 radical (unpaired) electrons. The van der Waals surface area contributed by atoms with Crippen LogP contribution in [-0.2, 0) is 10.0 Å². The molecule has 0 atom stereocenters. The fourth-order valence-corrected chi connectivity index (χ4v) is 3.47. The van der Waals surface area contributed by atoms with Gasteiger partial charge in [-0.3, -0.25) is 14.9 Å². The van der Waals surface area contributed by atoms with E-state index in [1.165, 1.54) is 31.3 Å². The molecule has 2 aromatic carbocycles. The first-order valence-corrected chi connectivity index (χ1v) is 9.16. The minimum atomic E-state index is -3.73. The van der Waals surface area contributed by atoms with Crippen molar-refractivity contribution in [3.05, 3.63) is 62.7 Å². The minimum Gasteiger partial charge on any atom is -0.321 e. The maximum Gasteiger partial charge on any atom is 0.271 e. The van der Waals surface area contributed by atoms with Crippen LogP contribution in [0.4, 0.5) is 11.4 Å². The van der Waals surface area contributed by atoms with Crippen molar-refractivity contribution in [2.75, 3.05) is 12.4 Å². The van der Waals surface area contributed by atoms with E-state index in [-0.39, 0.29) is 16.1 Å². The Labute approximate surface area is 151 Å². The van der Waals surface area contributed by atoms with Gasteiger partial charge in [0.1, 0.15) is 0 Å². The molecule has 0 aromatic heterocycles. The number of sulfonamides is 1. The number of nitro groups is 1. The summed E-state index contributed by atoms with van der Waals surface area (Å²) in [6.07, 6.45) is 0. The van der Waals surface area contributed by atoms with E-state index in [4.69, 9.17) is 0 Å². The average Bonchev–Trinajstić information content (AvgIpc) is 2.58. The van der Waals surface area contributed by atoms with Crippen molar-refractivity contribution in [2.45, 2.75) is 25.7 Å². The minimum absolute atomic E-state index is 0.0147. The van der Waals surface area contributed by atoms with Crippen molar-refractivity contribution in [1.29, 1.82) is 0 Å². The molecule has 2 N–H and O–H groups in total. The van der Waals surface area contributed by atoms with E-state index in [1.54, 1.807) is 26.8 Å². The number of benzene rings is 2.